The number of hydrogen-bond donors (Lipinski definition) is 1. The van der Waals surface area contributed by atoms with Gasteiger partial charge in [0.15, 0.2) is 5.16 Å². The lowest BCUT2D eigenvalue weighted by Crippen LogP contribution is -2.28. The van der Waals surface area contributed by atoms with Crippen LogP contribution < -0.4 is 5.32 Å². The van der Waals surface area contributed by atoms with Crippen LogP contribution in [0.4, 0.5) is 0 Å². The molecule has 0 saturated carbocycles. The third-order valence-electron chi connectivity index (χ3n) is 3.93. The van der Waals surface area contributed by atoms with E-state index in [1.54, 1.807) is 6.20 Å². The summed E-state index contributed by atoms with van der Waals surface area (Å²) >= 11 is 7.45. The molecule has 0 bridgehead atoms. The summed E-state index contributed by atoms with van der Waals surface area (Å²) in [6.45, 7) is 2.69. The van der Waals surface area contributed by atoms with Gasteiger partial charge in [-0.05, 0) is 30.2 Å². The number of carbonyl (C=O) groups excluding carboxylic acids is 1. The number of benzene rings is 2. The molecule has 2 aromatic carbocycles. The number of carbonyl (C=O) groups is 1. The highest BCUT2D eigenvalue weighted by Crippen LogP contribution is 2.19. The summed E-state index contributed by atoms with van der Waals surface area (Å²) in [6, 6.07) is 17.6. The Morgan fingerprint density at radius 3 is 2.81 bits per heavy atom. The van der Waals surface area contributed by atoms with Gasteiger partial charge in [0.1, 0.15) is 0 Å². The van der Waals surface area contributed by atoms with E-state index in [9.17, 15) is 4.79 Å². The van der Waals surface area contributed by atoms with Crippen molar-refractivity contribution in [2.45, 2.75) is 24.7 Å². The van der Waals surface area contributed by atoms with Crippen molar-refractivity contribution < 1.29 is 4.79 Å². The predicted molar refractivity (Wildman–Crippen MR) is 107 cm³/mol. The molecule has 0 fully saturated rings. The fourth-order valence-corrected chi connectivity index (χ4v) is 3.58. The van der Waals surface area contributed by atoms with Gasteiger partial charge in [0.05, 0.1) is 11.8 Å². The van der Waals surface area contributed by atoms with Crippen LogP contribution in [0.3, 0.4) is 0 Å². The Labute approximate surface area is 162 Å². The largest absolute Gasteiger partial charge is 0.349 e. The Morgan fingerprint density at radius 2 is 2.04 bits per heavy atom. The molecule has 1 unspecified atom stereocenters. The molecule has 1 heterocycles. The van der Waals surface area contributed by atoms with E-state index in [4.69, 9.17) is 11.6 Å². The molecule has 26 heavy (non-hydrogen) atoms. The number of thioether (sulfide) groups is 1. The van der Waals surface area contributed by atoms with Gasteiger partial charge in [0, 0.05) is 24.0 Å². The van der Waals surface area contributed by atoms with E-state index in [-0.39, 0.29) is 11.9 Å². The average molecular weight is 386 g/mol. The fraction of sp³-hybridized carbons (Fsp3) is 0.200. The minimum absolute atomic E-state index is 0.0308. The first-order valence-corrected chi connectivity index (χ1v) is 9.71. The third kappa shape index (κ3) is 5.13. The lowest BCUT2D eigenvalue weighted by atomic mass is 10.1. The SMILES string of the molecule is CC(NC(=O)CSc1nccn1Cc1ccccc1)c1cccc(Cl)c1. The second-order valence-electron chi connectivity index (χ2n) is 5.96. The quantitative estimate of drug-likeness (QED) is 0.607. The van der Waals surface area contributed by atoms with Crippen LogP contribution in [0.2, 0.25) is 5.02 Å². The molecular weight excluding hydrogens is 366 g/mol. The molecule has 1 amide bonds. The predicted octanol–water partition coefficient (Wildman–Crippen LogP) is 4.55. The molecular formula is C20H20ClN3OS. The average Bonchev–Trinajstić information content (AvgIpc) is 3.08. The third-order valence-corrected chi connectivity index (χ3v) is 5.17. The number of imidazole rings is 1. The normalized spacial score (nSPS) is 11.9. The summed E-state index contributed by atoms with van der Waals surface area (Å²) < 4.78 is 2.05. The number of halogens is 1. The first kappa shape index (κ1) is 18.5. The summed E-state index contributed by atoms with van der Waals surface area (Å²) in [4.78, 5) is 16.6. The van der Waals surface area contributed by atoms with Crippen LogP contribution in [-0.2, 0) is 11.3 Å². The molecule has 0 aliphatic heterocycles. The van der Waals surface area contributed by atoms with Gasteiger partial charge < -0.3 is 9.88 Å². The lowest BCUT2D eigenvalue weighted by Gasteiger charge is -2.14. The summed E-state index contributed by atoms with van der Waals surface area (Å²) in [5.41, 5.74) is 2.19. The van der Waals surface area contributed by atoms with Gasteiger partial charge in [-0.25, -0.2) is 4.98 Å². The van der Waals surface area contributed by atoms with Crippen molar-refractivity contribution in [2.75, 3.05) is 5.75 Å². The maximum absolute atomic E-state index is 12.3. The van der Waals surface area contributed by atoms with Crippen LogP contribution in [0, 0.1) is 0 Å². The maximum atomic E-state index is 12.3. The van der Waals surface area contributed by atoms with Gasteiger partial charge >= 0.3 is 0 Å². The highest BCUT2D eigenvalue weighted by molar-refractivity contribution is 7.99. The van der Waals surface area contributed by atoms with E-state index in [1.165, 1.54) is 17.3 Å². The molecule has 0 radical (unpaired) electrons. The maximum Gasteiger partial charge on any atom is 0.230 e. The topological polar surface area (TPSA) is 46.9 Å². The number of amides is 1. The molecule has 0 aliphatic carbocycles. The number of hydrogen-bond acceptors (Lipinski definition) is 3. The van der Waals surface area contributed by atoms with Gasteiger partial charge in [-0.15, -0.1) is 0 Å². The Kier molecular flexibility index (Phi) is 6.36. The zero-order chi connectivity index (χ0) is 18.4. The fourth-order valence-electron chi connectivity index (χ4n) is 2.61. The molecule has 3 aromatic rings. The first-order chi connectivity index (χ1) is 12.6. The van der Waals surface area contributed by atoms with E-state index in [0.717, 1.165) is 17.3 Å². The van der Waals surface area contributed by atoms with Crippen LogP contribution in [0.1, 0.15) is 24.1 Å². The molecule has 6 heteroatoms. The van der Waals surface area contributed by atoms with E-state index in [2.05, 4.69) is 22.4 Å². The highest BCUT2D eigenvalue weighted by Gasteiger charge is 2.12. The summed E-state index contributed by atoms with van der Waals surface area (Å²) in [5.74, 6) is 0.285. The van der Waals surface area contributed by atoms with Crippen molar-refractivity contribution in [1.29, 1.82) is 0 Å². The van der Waals surface area contributed by atoms with Crippen LogP contribution in [-0.4, -0.2) is 21.2 Å². The van der Waals surface area contributed by atoms with Gasteiger partial charge in [0.25, 0.3) is 0 Å². The van der Waals surface area contributed by atoms with Crippen LogP contribution in [0.25, 0.3) is 0 Å². The van der Waals surface area contributed by atoms with Crippen molar-refractivity contribution in [3.63, 3.8) is 0 Å². The second-order valence-corrected chi connectivity index (χ2v) is 7.34. The van der Waals surface area contributed by atoms with Crippen LogP contribution in [0.5, 0.6) is 0 Å². The van der Waals surface area contributed by atoms with Crippen LogP contribution >= 0.6 is 23.4 Å². The summed E-state index contributed by atoms with van der Waals surface area (Å²) in [5, 5.41) is 4.50. The number of nitrogens with one attached hydrogen (secondary N) is 1. The van der Waals surface area contributed by atoms with Gasteiger partial charge in [-0.3, -0.25) is 4.79 Å². The molecule has 134 valence electrons. The van der Waals surface area contributed by atoms with Crippen molar-refractivity contribution >= 4 is 29.3 Å². The molecule has 0 saturated heterocycles. The number of nitrogens with zero attached hydrogens (tertiary/aromatic N) is 2. The van der Waals surface area contributed by atoms with E-state index in [1.807, 2.05) is 60.2 Å². The Bertz CT molecular complexity index is 866. The molecule has 0 spiro atoms. The first-order valence-electron chi connectivity index (χ1n) is 8.34. The Balaban J connectivity index is 1.54. The molecule has 1 aromatic heterocycles. The van der Waals surface area contributed by atoms with E-state index in [0.29, 0.717) is 10.8 Å². The minimum atomic E-state index is -0.0918. The van der Waals surface area contributed by atoms with Gasteiger partial charge in [-0.1, -0.05) is 65.8 Å². The highest BCUT2D eigenvalue weighted by atomic mass is 35.5. The molecule has 4 nitrogen and oxygen atoms in total. The summed E-state index contributed by atoms with van der Waals surface area (Å²) in [6.07, 6.45) is 3.69. The zero-order valence-electron chi connectivity index (χ0n) is 14.4. The van der Waals surface area contributed by atoms with Crippen LogP contribution in [0.15, 0.2) is 72.1 Å². The Hall–Kier alpha value is -2.24. The molecule has 1 N–H and O–H groups in total. The molecule has 1 atom stereocenters. The smallest absolute Gasteiger partial charge is 0.230 e. The van der Waals surface area contributed by atoms with Gasteiger partial charge in [0.2, 0.25) is 5.91 Å². The monoisotopic (exact) mass is 385 g/mol. The molecule has 0 aliphatic rings. The van der Waals surface area contributed by atoms with Crippen molar-refractivity contribution in [3.8, 4) is 0 Å². The van der Waals surface area contributed by atoms with Gasteiger partial charge in [-0.2, -0.15) is 0 Å². The molecule has 3 rings (SSSR count). The standard InChI is InChI=1S/C20H20ClN3OS/c1-15(17-8-5-9-18(21)12-17)23-19(25)14-26-20-22-10-11-24(20)13-16-6-3-2-4-7-16/h2-12,15H,13-14H2,1H3,(H,23,25). The van der Waals surface area contributed by atoms with E-state index >= 15 is 0 Å². The Morgan fingerprint density at radius 1 is 1.23 bits per heavy atom. The number of rotatable bonds is 7. The van der Waals surface area contributed by atoms with Crippen molar-refractivity contribution in [2.24, 2.45) is 0 Å². The van der Waals surface area contributed by atoms with E-state index < -0.39 is 0 Å². The minimum Gasteiger partial charge on any atom is -0.349 e. The van der Waals surface area contributed by atoms with Crippen molar-refractivity contribution in [1.82, 2.24) is 14.9 Å². The van der Waals surface area contributed by atoms with Crippen molar-refractivity contribution in [3.05, 3.63) is 83.1 Å². The number of aromatic nitrogens is 2. The lowest BCUT2D eigenvalue weighted by molar-refractivity contribution is -0.119. The summed E-state index contributed by atoms with van der Waals surface area (Å²) in [7, 11) is 0. The second kappa shape index (κ2) is 8.92. The zero-order valence-corrected chi connectivity index (χ0v) is 16.0.